The van der Waals surface area contributed by atoms with Gasteiger partial charge in [-0.15, -0.1) is 11.3 Å². The minimum absolute atomic E-state index is 0.927. The number of pyridine rings is 1. The minimum Gasteiger partial charge on any atom is -0.294 e. The average molecular weight is 503 g/mol. The molecule has 0 aliphatic heterocycles. The molecule has 178 valence electrons. The molecular weight excluding hydrogens is 480 g/mol. The van der Waals surface area contributed by atoms with E-state index in [9.17, 15) is 0 Å². The summed E-state index contributed by atoms with van der Waals surface area (Å²) >= 11 is 1.86. The van der Waals surface area contributed by atoms with Gasteiger partial charge >= 0.3 is 0 Å². The average Bonchev–Trinajstić information content (AvgIpc) is 3.53. The summed E-state index contributed by atoms with van der Waals surface area (Å²) < 4.78 is 4.96. The Bertz CT molecular complexity index is 2130. The van der Waals surface area contributed by atoms with Gasteiger partial charge in [0.05, 0.1) is 16.7 Å². The van der Waals surface area contributed by atoms with Crippen LogP contribution in [0, 0.1) is 0 Å². The molecule has 0 atom stereocenters. The molecule has 0 bridgehead atoms. The van der Waals surface area contributed by atoms with Gasteiger partial charge in [0.1, 0.15) is 5.82 Å². The van der Waals surface area contributed by atoms with Gasteiger partial charge in [-0.3, -0.25) is 4.57 Å². The van der Waals surface area contributed by atoms with Crippen LogP contribution in [0.15, 0.2) is 133 Å². The molecule has 8 rings (SSSR count). The summed E-state index contributed by atoms with van der Waals surface area (Å²) in [4.78, 5) is 5.09. The van der Waals surface area contributed by atoms with Crippen molar-refractivity contribution >= 4 is 53.3 Å². The number of aromatic nitrogens is 2. The molecule has 0 aliphatic rings. The fraction of sp³-hybridized carbons (Fsp3) is 0. The van der Waals surface area contributed by atoms with Crippen molar-refractivity contribution in [1.82, 2.24) is 9.55 Å². The van der Waals surface area contributed by atoms with E-state index < -0.39 is 0 Å². The zero-order chi connectivity index (χ0) is 25.1. The summed E-state index contributed by atoms with van der Waals surface area (Å²) in [6.45, 7) is 0. The molecule has 38 heavy (non-hydrogen) atoms. The van der Waals surface area contributed by atoms with Gasteiger partial charge in [-0.1, -0.05) is 84.9 Å². The maximum Gasteiger partial charge on any atom is 0.138 e. The van der Waals surface area contributed by atoms with Crippen LogP contribution in [0.3, 0.4) is 0 Å². The van der Waals surface area contributed by atoms with Crippen LogP contribution in [0.25, 0.3) is 70.2 Å². The predicted molar refractivity (Wildman–Crippen MR) is 162 cm³/mol. The highest BCUT2D eigenvalue weighted by molar-refractivity contribution is 7.25. The Balaban J connectivity index is 1.33. The number of para-hydroxylation sites is 1. The maximum atomic E-state index is 5.09. The molecule has 8 aromatic rings. The zero-order valence-electron chi connectivity index (χ0n) is 20.5. The number of hydrogen-bond donors (Lipinski definition) is 0. The molecule has 0 saturated carbocycles. The summed E-state index contributed by atoms with van der Waals surface area (Å²) in [5.74, 6) is 0.927. The zero-order valence-corrected chi connectivity index (χ0v) is 21.3. The van der Waals surface area contributed by atoms with E-state index >= 15 is 0 Å². The number of rotatable bonds is 3. The Morgan fingerprint density at radius 1 is 0.447 bits per heavy atom. The Morgan fingerprint density at radius 3 is 2.03 bits per heavy atom. The third kappa shape index (κ3) is 3.29. The van der Waals surface area contributed by atoms with E-state index in [2.05, 4.69) is 132 Å². The standard InChI is InChI=1S/C35H22N2S/c1-2-9-23(10-3-1)30-13-8-16-35(36-30)37-31-14-6-4-11-26(31)28-21-24(17-19-32(28)37)25-18-20-34-29(22-25)27-12-5-7-15-33(27)38-34/h1-22H. The summed E-state index contributed by atoms with van der Waals surface area (Å²) in [5.41, 5.74) is 6.88. The third-order valence-corrected chi connectivity index (χ3v) is 8.57. The number of nitrogens with zero attached hydrogens (tertiary/aromatic N) is 2. The van der Waals surface area contributed by atoms with E-state index in [1.165, 1.54) is 42.1 Å². The Hall–Kier alpha value is -4.73. The van der Waals surface area contributed by atoms with Crippen LogP contribution in [-0.4, -0.2) is 9.55 Å². The highest BCUT2D eigenvalue weighted by Gasteiger charge is 2.15. The minimum atomic E-state index is 0.927. The highest BCUT2D eigenvalue weighted by atomic mass is 32.1. The first-order valence-electron chi connectivity index (χ1n) is 12.8. The molecule has 0 amide bonds. The number of thiophene rings is 1. The van der Waals surface area contributed by atoms with Gasteiger partial charge in [-0.2, -0.15) is 0 Å². The van der Waals surface area contributed by atoms with Crippen molar-refractivity contribution in [3.05, 3.63) is 133 Å². The molecular formula is C35H22N2S. The Morgan fingerprint density at radius 2 is 1.13 bits per heavy atom. The Labute approximate surface area is 224 Å². The second-order valence-corrected chi connectivity index (χ2v) is 10.7. The molecule has 3 heteroatoms. The molecule has 3 heterocycles. The summed E-state index contributed by atoms with van der Waals surface area (Å²) in [7, 11) is 0. The van der Waals surface area contributed by atoms with Gasteiger partial charge in [-0.25, -0.2) is 4.98 Å². The van der Waals surface area contributed by atoms with Crippen molar-refractivity contribution in [2.45, 2.75) is 0 Å². The van der Waals surface area contributed by atoms with Crippen LogP contribution in [-0.2, 0) is 0 Å². The number of benzene rings is 5. The van der Waals surface area contributed by atoms with Gasteiger partial charge < -0.3 is 0 Å². The van der Waals surface area contributed by atoms with Crippen molar-refractivity contribution in [3.8, 4) is 28.2 Å². The van der Waals surface area contributed by atoms with Gasteiger partial charge in [0.15, 0.2) is 0 Å². The largest absolute Gasteiger partial charge is 0.294 e. The lowest BCUT2D eigenvalue weighted by atomic mass is 10.0. The van der Waals surface area contributed by atoms with E-state index in [1.54, 1.807) is 0 Å². The van der Waals surface area contributed by atoms with Gasteiger partial charge in [-0.05, 0) is 59.7 Å². The first-order valence-corrected chi connectivity index (χ1v) is 13.6. The molecule has 0 unspecified atom stereocenters. The smallest absolute Gasteiger partial charge is 0.138 e. The molecule has 0 fully saturated rings. The first-order chi connectivity index (χ1) is 18.8. The molecule has 0 saturated heterocycles. The van der Waals surface area contributed by atoms with Crippen molar-refractivity contribution in [3.63, 3.8) is 0 Å². The first kappa shape index (κ1) is 21.4. The van der Waals surface area contributed by atoms with Gasteiger partial charge in [0.25, 0.3) is 0 Å². The second-order valence-electron chi connectivity index (χ2n) is 9.64. The predicted octanol–water partition coefficient (Wildman–Crippen LogP) is 9.88. The van der Waals surface area contributed by atoms with Crippen LogP contribution in [0.1, 0.15) is 0 Å². The topological polar surface area (TPSA) is 17.8 Å². The monoisotopic (exact) mass is 502 g/mol. The fourth-order valence-electron chi connectivity index (χ4n) is 5.62. The van der Waals surface area contributed by atoms with Crippen molar-refractivity contribution < 1.29 is 0 Å². The normalized spacial score (nSPS) is 11.7. The molecule has 0 aliphatic carbocycles. The molecule has 3 aromatic heterocycles. The van der Waals surface area contributed by atoms with E-state index in [-0.39, 0.29) is 0 Å². The quantitative estimate of drug-likeness (QED) is 0.235. The van der Waals surface area contributed by atoms with Crippen LogP contribution >= 0.6 is 11.3 Å². The fourth-order valence-corrected chi connectivity index (χ4v) is 6.71. The van der Waals surface area contributed by atoms with Crippen LogP contribution in [0.2, 0.25) is 0 Å². The lowest BCUT2D eigenvalue weighted by molar-refractivity contribution is 1.08. The summed E-state index contributed by atoms with van der Waals surface area (Å²) in [6, 6.07) is 47.7. The summed E-state index contributed by atoms with van der Waals surface area (Å²) in [5, 5.41) is 5.13. The third-order valence-electron chi connectivity index (χ3n) is 7.42. The van der Waals surface area contributed by atoms with Crippen LogP contribution in [0.5, 0.6) is 0 Å². The highest BCUT2D eigenvalue weighted by Crippen LogP contribution is 2.38. The van der Waals surface area contributed by atoms with Gasteiger partial charge in [0.2, 0.25) is 0 Å². The lowest BCUT2D eigenvalue weighted by Crippen LogP contribution is -1.98. The number of hydrogen-bond acceptors (Lipinski definition) is 2. The summed E-state index contributed by atoms with van der Waals surface area (Å²) in [6.07, 6.45) is 0. The van der Waals surface area contributed by atoms with E-state index in [0.29, 0.717) is 0 Å². The van der Waals surface area contributed by atoms with E-state index in [1.807, 2.05) is 17.4 Å². The molecule has 0 radical (unpaired) electrons. The van der Waals surface area contributed by atoms with Crippen LogP contribution < -0.4 is 0 Å². The van der Waals surface area contributed by atoms with E-state index in [4.69, 9.17) is 4.98 Å². The maximum absolute atomic E-state index is 5.09. The van der Waals surface area contributed by atoms with Gasteiger partial charge in [0, 0.05) is 36.5 Å². The molecule has 2 nitrogen and oxygen atoms in total. The molecule has 0 N–H and O–H groups in total. The van der Waals surface area contributed by atoms with Crippen molar-refractivity contribution in [1.29, 1.82) is 0 Å². The molecule has 0 spiro atoms. The van der Waals surface area contributed by atoms with Crippen LogP contribution in [0.4, 0.5) is 0 Å². The lowest BCUT2D eigenvalue weighted by Gasteiger charge is -2.09. The number of fused-ring (bicyclic) bond motifs is 6. The van der Waals surface area contributed by atoms with E-state index in [0.717, 1.165) is 28.1 Å². The van der Waals surface area contributed by atoms with Crippen molar-refractivity contribution in [2.75, 3.05) is 0 Å². The SMILES string of the molecule is c1ccc(-c2cccc(-n3c4ccccc4c4cc(-c5ccc6sc7ccccc7c6c5)ccc43)n2)cc1. The van der Waals surface area contributed by atoms with Crippen molar-refractivity contribution in [2.24, 2.45) is 0 Å². The Kier molecular flexibility index (Phi) is 4.73. The molecule has 5 aromatic carbocycles. The second kappa shape index (κ2) is 8.41.